The van der Waals surface area contributed by atoms with Crippen LogP contribution in [0, 0.1) is 5.92 Å². The van der Waals surface area contributed by atoms with Gasteiger partial charge in [-0.3, -0.25) is 4.79 Å². The highest BCUT2D eigenvalue weighted by Gasteiger charge is 2.22. The first-order valence-electron chi connectivity index (χ1n) is 8.68. The van der Waals surface area contributed by atoms with Gasteiger partial charge in [0.1, 0.15) is 0 Å². The van der Waals surface area contributed by atoms with Gasteiger partial charge in [0.25, 0.3) is 0 Å². The van der Waals surface area contributed by atoms with Crippen LogP contribution in [0.3, 0.4) is 0 Å². The van der Waals surface area contributed by atoms with E-state index in [0.717, 1.165) is 17.9 Å². The number of amides is 1. The van der Waals surface area contributed by atoms with E-state index in [4.69, 9.17) is 0 Å². The van der Waals surface area contributed by atoms with Crippen molar-refractivity contribution in [2.24, 2.45) is 5.92 Å². The first-order chi connectivity index (χ1) is 11.7. The molecular formula is C19H25N3OS. The number of benzene rings is 1. The Labute approximate surface area is 148 Å². The molecule has 1 N–H and O–H groups in total. The molecule has 3 rings (SSSR count). The lowest BCUT2D eigenvalue weighted by atomic mass is 9.86. The van der Waals surface area contributed by atoms with Crippen LogP contribution in [0.25, 0.3) is 5.69 Å². The third-order valence-electron chi connectivity index (χ3n) is 4.67. The minimum atomic E-state index is 0.173. The molecule has 0 unspecified atom stereocenters. The Kier molecular flexibility index (Phi) is 5.96. The van der Waals surface area contributed by atoms with Crippen molar-refractivity contribution < 1.29 is 4.79 Å². The van der Waals surface area contributed by atoms with Gasteiger partial charge in [-0.15, -0.1) is 11.8 Å². The second-order valence-corrected chi connectivity index (χ2v) is 7.53. The number of nitrogens with zero attached hydrogens (tertiary/aromatic N) is 2. The van der Waals surface area contributed by atoms with Gasteiger partial charge in [0.15, 0.2) is 0 Å². The summed E-state index contributed by atoms with van der Waals surface area (Å²) in [6.07, 6.45) is 8.62. The summed E-state index contributed by atoms with van der Waals surface area (Å²) >= 11 is 1.67. The van der Waals surface area contributed by atoms with Crippen LogP contribution in [0.5, 0.6) is 0 Å². The highest BCUT2D eigenvalue weighted by atomic mass is 32.2. The maximum absolute atomic E-state index is 12.1. The Hall–Kier alpha value is -1.75. The van der Waals surface area contributed by atoms with Crippen LogP contribution in [0.2, 0.25) is 0 Å². The molecule has 5 heteroatoms. The summed E-state index contributed by atoms with van der Waals surface area (Å²) in [6.45, 7) is 2.25. The summed E-state index contributed by atoms with van der Waals surface area (Å²) in [7, 11) is 0. The second-order valence-electron chi connectivity index (χ2n) is 6.55. The van der Waals surface area contributed by atoms with E-state index in [2.05, 4.69) is 41.6 Å². The van der Waals surface area contributed by atoms with Gasteiger partial charge >= 0.3 is 0 Å². The Morgan fingerprint density at radius 2 is 2.08 bits per heavy atom. The van der Waals surface area contributed by atoms with Gasteiger partial charge in [-0.25, -0.2) is 4.68 Å². The lowest BCUT2D eigenvalue weighted by Gasteiger charge is -2.29. The predicted molar refractivity (Wildman–Crippen MR) is 99.3 cm³/mol. The van der Waals surface area contributed by atoms with Crippen molar-refractivity contribution in [2.75, 3.05) is 5.75 Å². The molecule has 0 spiro atoms. The van der Waals surface area contributed by atoms with E-state index >= 15 is 0 Å². The van der Waals surface area contributed by atoms with E-state index in [9.17, 15) is 4.79 Å². The highest BCUT2D eigenvalue weighted by molar-refractivity contribution is 7.99. The zero-order valence-electron chi connectivity index (χ0n) is 14.1. The molecule has 1 aromatic heterocycles. The van der Waals surface area contributed by atoms with Crippen LogP contribution in [0.15, 0.2) is 42.7 Å². The minimum absolute atomic E-state index is 0.173. The molecule has 128 valence electrons. The standard InChI is InChI=1S/C19H25N3OS/c1-15-5-2-3-6-18(15)21-19(23)14-24-13-16-7-9-17(10-8-16)22-12-4-11-20-22/h4,7-12,15,18H,2-3,5-6,13-14H2,1H3,(H,21,23)/t15-,18+/m1/s1. The van der Waals surface area contributed by atoms with E-state index in [1.54, 1.807) is 18.0 Å². The number of thioether (sulfide) groups is 1. The van der Waals surface area contributed by atoms with E-state index < -0.39 is 0 Å². The monoisotopic (exact) mass is 343 g/mol. The molecule has 1 fully saturated rings. The van der Waals surface area contributed by atoms with Gasteiger partial charge in [0, 0.05) is 24.2 Å². The zero-order valence-corrected chi connectivity index (χ0v) is 15.0. The zero-order chi connectivity index (χ0) is 16.8. The molecule has 24 heavy (non-hydrogen) atoms. The number of hydrogen-bond donors (Lipinski definition) is 1. The predicted octanol–water partition coefficient (Wildman–Crippen LogP) is 3.80. The van der Waals surface area contributed by atoms with Gasteiger partial charge in [-0.2, -0.15) is 5.10 Å². The SMILES string of the molecule is C[C@@H]1CCCC[C@@H]1NC(=O)CSCc1ccc(-n2cccn2)cc1. The first-order valence-corrected chi connectivity index (χ1v) is 9.84. The molecule has 0 radical (unpaired) electrons. The van der Waals surface area contributed by atoms with Crippen molar-refractivity contribution in [2.45, 2.75) is 44.4 Å². The van der Waals surface area contributed by atoms with Crippen LogP contribution in [0.1, 0.15) is 38.2 Å². The molecule has 1 amide bonds. The van der Waals surface area contributed by atoms with Crippen molar-refractivity contribution in [3.8, 4) is 5.69 Å². The summed E-state index contributed by atoms with van der Waals surface area (Å²) in [5.41, 5.74) is 2.28. The van der Waals surface area contributed by atoms with Crippen molar-refractivity contribution in [1.29, 1.82) is 0 Å². The second kappa shape index (κ2) is 8.38. The lowest BCUT2D eigenvalue weighted by Crippen LogP contribution is -2.41. The fourth-order valence-electron chi connectivity index (χ4n) is 3.21. The normalized spacial score (nSPS) is 20.7. The third kappa shape index (κ3) is 4.63. The quantitative estimate of drug-likeness (QED) is 0.868. The number of rotatable bonds is 6. The first kappa shape index (κ1) is 17.1. The van der Waals surface area contributed by atoms with Crippen molar-refractivity contribution in [1.82, 2.24) is 15.1 Å². The Morgan fingerprint density at radius 3 is 2.79 bits per heavy atom. The Morgan fingerprint density at radius 1 is 1.29 bits per heavy atom. The van der Waals surface area contributed by atoms with Gasteiger partial charge < -0.3 is 5.32 Å². The van der Waals surface area contributed by atoms with Crippen LogP contribution in [-0.4, -0.2) is 27.5 Å². The molecule has 4 nitrogen and oxygen atoms in total. The van der Waals surface area contributed by atoms with Crippen molar-refractivity contribution in [3.05, 3.63) is 48.3 Å². The summed E-state index contributed by atoms with van der Waals surface area (Å²) in [5, 5.41) is 7.43. The van der Waals surface area contributed by atoms with Gasteiger partial charge in [0.2, 0.25) is 5.91 Å². The molecular weight excluding hydrogens is 318 g/mol. The number of nitrogens with one attached hydrogen (secondary N) is 1. The topological polar surface area (TPSA) is 46.9 Å². The number of carbonyl (C=O) groups is 1. The molecule has 0 saturated heterocycles. The fourth-order valence-corrected chi connectivity index (χ4v) is 4.01. The summed E-state index contributed by atoms with van der Waals surface area (Å²) < 4.78 is 1.84. The highest BCUT2D eigenvalue weighted by Crippen LogP contribution is 2.24. The number of aromatic nitrogens is 2. The van der Waals surface area contributed by atoms with Crippen LogP contribution >= 0.6 is 11.8 Å². The lowest BCUT2D eigenvalue weighted by molar-refractivity contribution is -0.119. The molecule has 1 aliphatic carbocycles. The Balaban J connectivity index is 1.42. The summed E-state index contributed by atoms with van der Waals surface area (Å²) in [4.78, 5) is 12.1. The van der Waals surface area contributed by atoms with E-state index in [0.29, 0.717) is 17.7 Å². The average Bonchev–Trinajstić information content (AvgIpc) is 3.12. The number of carbonyl (C=O) groups excluding carboxylic acids is 1. The number of hydrogen-bond acceptors (Lipinski definition) is 3. The largest absolute Gasteiger partial charge is 0.352 e. The molecule has 2 aromatic rings. The van der Waals surface area contributed by atoms with Crippen molar-refractivity contribution in [3.63, 3.8) is 0 Å². The van der Waals surface area contributed by atoms with Crippen molar-refractivity contribution >= 4 is 17.7 Å². The molecule has 2 atom stereocenters. The molecule has 1 saturated carbocycles. The molecule has 0 bridgehead atoms. The van der Waals surface area contributed by atoms with Crippen LogP contribution < -0.4 is 5.32 Å². The van der Waals surface area contributed by atoms with Gasteiger partial charge in [-0.1, -0.05) is 31.9 Å². The maximum Gasteiger partial charge on any atom is 0.230 e. The van der Waals surface area contributed by atoms with Gasteiger partial charge in [0.05, 0.1) is 11.4 Å². The third-order valence-corrected chi connectivity index (χ3v) is 5.67. The molecule has 1 heterocycles. The fraction of sp³-hybridized carbons (Fsp3) is 0.474. The smallest absolute Gasteiger partial charge is 0.230 e. The van der Waals surface area contributed by atoms with Crippen LogP contribution in [0.4, 0.5) is 0 Å². The van der Waals surface area contributed by atoms with Crippen LogP contribution in [-0.2, 0) is 10.5 Å². The minimum Gasteiger partial charge on any atom is -0.352 e. The van der Waals surface area contributed by atoms with E-state index in [-0.39, 0.29) is 5.91 Å². The molecule has 1 aliphatic rings. The van der Waals surface area contributed by atoms with E-state index in [1.165, 1.54) is 24.8 Å². The summed E-state index contributed by atoms with van der Waals surface area (Å²) in [6, 6.07) is 10.6. The maximum atomic E-state index is 12.1. The van der Waals surface area contributed by atoms with E-state index in [1.807, 2.05) is 16.9 Å². The molecule has 0 aliphatic heterocycles. The van der Waals surface area contributed by atoms with Gasteiger partial charge in [-0.05, 0) is 42.5 Å². The average molecular weight is 343 g/mol. The Bertz CT molecular complexity index is 639. The summed E-state index contributed by atoms with van der Waals surface area (Å²) in [5.74, 6) is 2.17. The molecule has 1 aromatic carbocycles.